The van der Waals surface area contributed by atoms with E-state index >= 15 is 0 Å². The van der Waals surface area contributed by atoms with Crippen molar-refractivity contribution in [1.82, 2.24) is 25.3 Å². The number of hydrogen-bond acceptors (Lipinski definition) is 5. The van der Waals surface area contributed by atoms with Crippen LogP contribution in [0, 0.1) is 5.92 Å². The zero-order valence-electron chi connectivity index (χ0n) is 27.1. The minimum atomic E-state index is -0.617. The van der Waals surface area contributed by atoms with Gasteiger partial charge in [0, 0.05) is 61.7 Å². The fourth-order valence-corrected chi connectivity index (χ4v) is 7.58. The number of carbonyl (C=O) groups excluding carboxylic acids is 2. The molecule has 0 spiro atoms. The van der Waals surface area contributed by atoms with E-state index in [-0.39, 0.29) is 17.9 Å². The van der Waals surface area contributed by atoms with E-state index in [0.717, 1.165) is 57.7 Å². The van der Waals surface area contributed by atoms with Gasteiger partial charge in [-0.2, -0.15) is 0 Å². The number of nitrogens with zero attached hydrogens (tertiary/aromatic N) is 3. The Balaban J connectivity index is 1.27. The lowest BCUT2D eigenvalue weighted by atomic mass is 9.92. The van der Waals surface area contributed by atoms with Crippen LogP contribution in [0.15, 0.2) is 48.5 Å². The van der Waals surface area contributed by atoms with E-state index in [1.807, 2.05) is 35.2 Å². The van der Waals surface area contributed by atoms with Crippen molar-refractivity contribution in [2.75, 3.05) is 39.3 Å². The molecule has 2 aromatic carbocycles. The number of carbonyl (C=O) groups is 2. The minimum Gasteiger partial charge on any atom is -0.344 e. The number of fused-ring (bicyclic) bond motifs is 1. The van der Waals surface area contributed by atoms with Gasteiger partial charge in [0.05, 0.1) is 0 Å². The lowest BCUT2D eigenvalue weighted by Gasteiger charge is -2.43. The van der Waals surface area contributed by atoms with Crippen molar-refractivity contribution >= 4 is 23.4 Å². The molecular formula is C36H52ClN5O2. The summed E-state index contributed by atoms with van der Waals surface area (Å²) in [5.74, 6) is 0.492. The van der Waals surface area contributed by atoms with Crippen LogP contribution in [0.2, 0.25) is 5.02 Å². The quantitative estimate of drug-likeness (QED) is 0.367. The van der Waals surface area contributed by atoms with Gasteiger partial charge in [-0.3, -0.25) is 14.5 Å². The molecule has 7 nitrogen and oxygen atoms in total. The van der Waals surface area contributed by atoms with Crippen LogP contribution in [0.25, 0.3) is 0 Å². The lowest BCUT2D eigenvalue weighted by Crippen LogP contribution is -2.53. The maximum Gasteiger partial charge on any atom is 0.245 e. The Hall–Kier alpha value is -2.45. The summed E-state index contributed by atoms with van der Waals surface area (Å²) >= 11 is 6.16. The normalized spacial score (nSPS) is 22.0. The first-order valence-corrected chi connectivity index (χ1v) is 17.2. The maximum absolute atomic E-state index is 14.2. The predicted molar refractivity (Wildman–Crippen MR) is 179 cm³/mol. The summed E-state index contributed by atoms with van der Waals surface area (Å²) in [5.41, 5.74) is 3.46. The van der Waals surface area contributed by atoms with Crippen LogP contribution in [0.5, 0.6) is 0 Å². The molecule has 0 bridgehead atoms. The average molecular weight is 622 g/mol. The molecule has 0 radical (unpaired) electrons. The van der Waals surface area contributed by atoms with Crippen molar-refractivity contribution in [1.29, 1.82) is 0 Å². The molecule has 3 atom stereocenters. The van der Waals surface area contributed by atoms with Gasteiger partial charge in [-0.05, 0) is 93.9 Å². The van der Waals surface area contributed by atoms with E-state index in [4.69, 9.17) is 11.6 Å². The zero-order chi connectivity index (χ0) is 31.2. The summed E-state index contributed by atoms with van der Waals surface area (Å²) in [6.07, 6.45) is 5.06. The van der Waals surface area contributed by atoms with E-state index in [1.165, 1.54) is 24.0 Å². The molecule has 2 amide bonds. The van der Waals surface area contributed by atoms with Crippen molar-refractivity contribution in [3.05, 3.63) is 70.2 Å². The van der Waals surface area contributed by atoms with E-state index < -0.39 is 6.04 Å². The third-order valence-corrected chi connectivity index (χ3v) is 10.1. The Morgan fingerprint density at radius 2 is 1.68 bits per heavy atom. The number of hydrogen-bond donors (Lipinski definition) is 2. The van der Waals surface area contributed by atoms with Gasteiger partial charge in [0.15, 0.2) is 0 Å². The van der Waals surface area contributed by atoms with Gasteiger partial charge in [0.1, 0.15) is 6.04 Å². The fourth-order valence-electron chi connectivity index (χ4n) is 7.45. The van der Waals surface area contributed by atoms with Crippen molar-refractivity contribution in [3.63, 3.8) is 0 Å². The van der Waals surface area contributed by atoms with E-state index in [2.05, 4.69) is 66.3 Å². The van der Waals surface area contributed by atoms with Gasteiger partial charge in [-0.15, -0.1) is 0 Å². The standard InChI is InChI=1S/C36H52ClN5O2/c1-25(2)23-42(30-14-18-40(19-15-30)26(3)4)31-16-20-41(24-31)36(44)34(21-27-9-11-29(37)12-10-27)39-35(43)22-33-32-8-6-5-7-28(32)13-17-38-33/h5-12,25-26,30-31,33-34,38H,13-24H2,1-4H3,(H,39,43)/t31?,33-,34+/m0/s1. The average Bonchev–Trinajstić information content (AvgIpc) is 3.50. The molecule has 2 N–H and O–H groups in total. The van der Waals surface area contributed by atoms with Crippen LogP contribution in [0.1, 0.15) is 76.1 Å². The van der Waals surface area contributed by atoms with Crippen LogP contribution in [-0.4, -0.2) is 89.9 Å². The van der Waals surface area contributed by atoms with Crippen molar-refractivity contribution < 1.29 is 9.59 Å². The molecule has 240 valence electrons. The van der Waals surface area contributed by atoms with Gasteiger partial charge in [0.25, 0.3) is 0 Å². The third kappa shape index (κ3) is 8.42. The molecule has 5 rings (SSSR count). The highest BCUT2D eigenvalue weighted by molar-refractivity contribution is 6.30. The third-order valence-electron chi connectivity index (χ3n) is 9.81. The largest absolute Gasteiger partial charge is 0.344 e. The number of benzene rings is 2. The molecule has 2 aromatic rings. The second-order valence-corrected chi connectivity index (χ2v) is 14.2. The highest BCUT2D eigenvalue weighted by Gasteiger charge is 2.38. The molecule has 3 aliphatic rings. The highest BCUT2D eigenvalue weighted by Crippen LogP contribution is 2.28. The van der Waals surface area contributed by atoms with Crippen LogP contribution in [-0.2, 0) is 22.4 Å². The highest BCUT2D eigenvalue weighted by atomic mass is 35.5. The van der Waals surface area contributed by atoms with Gasteiger partial charge >= 0.3 is 0 Å². The Kier molecular flexibility index (Phi) is 11.4. The first kappa shape index (κ1) is 32.9. The molecular weight excluding hydrogens is 570 g/mol. The number of piperidine rings is 1. The summed E-state index contributed by atoms with van der Waals surface area (Å²) in [6, 6.07) is 16.8. The maximum atomic E-state index is 14.2. The molecule has 2 saturated heterocycles. The van der Waals surface area contributed by atoms with Gasteiger partial charge in [-0.25, -0.2) is 0 Å². The zero-order valence-corrected chi connectivity index (χ0v) is 27.9. The Morgan fingerprint density at radius 1 is 0.977 bits per heavy atom. The lowest BCUT2D eigenvalue weighted by molar-refractivity contribution is -0.136. The second-order valence-electron chi connectivity index (χ2n) is 13.8. The first-order valence-electron chi connectivity index (χ1n) is 16.8. The fraction of sp³-hybridized carbons (Fsp3) is 0.611. The molecule has 8 heteroatoms. The number of halogens is 1. The van der Waals surface area contributed by atoms with Crippen LogP contribution < -0.4 is 10.6 Å². The number of amides is 2. The van der Waals surface area contributed by atoms with Crippen molar-refractivity contribution in [2.24, 2.45) is 5.92 Å². The summed E-state index contributed by atoms with van der Waals surface area (Å²) < 4.78 is 0. The van der Waals surface area contributed by atoms with Gasteiger partial charge < -0.3 is 20.4 Å². The summed E-state index contributed by atoms with van der Waals surface area (Å²) in [5, 5.41) is 7.34. The Bertz CT molecular complexity index is 1240. The number of nitrogens with one attached hydrogen (secondary N) is 2. The number of likely N-dealkylation sites (tertiary alicyclic amines) is 2. The minimum absolute atomic E-state index is 0.0203. The van der Waals surface area contributed by atoms with Crippen LogP contribution >= 0.6 is 11.6 Å². The van der Waals surface area contributed by atoms with E-state index in [9.17, 15) is 9.59 Å². The van der Waals surface area contributed by atoms with Crippen molar-refractivity contribution in [3.8, 4) is 0 Å². The molecule has 44 heavy (non-hydrogen) atoms. The molecule has 1 unspecified atom stereocenters. The van der Waals surface area contributed by atoms with Crippen molar-refractivity contribution in [2.45, 2.75) is 96.4 Å². The van der Waals surface area contributed by atoms with E-state index in [1.54, 1.807) is 0 Å². The topological polar surface area (TPSA) is 67.9 Å². The SMILES string of the molecule is CC(C)CN(C1CCN(C(C)C)CC1)C1CCN(C(=O)[C@@H](Cc2ccc(Cl)cc2)NC(=O)C[C@@H]2NCCc3ccccc32)C1. The monoisotopic (exact) mass is 621 g/mol. The molecule has 0 aromatic heterocycles. The van der Waals surface area contributed by atoms with E-state index in [0.29, 0.717) is 41.9 Å². The molecule has 3 aliphatic heterocycles. The van der Waals surface area contributed by atoms with Gasteiger partial charge in [0.2, 0.25) is 11.8 Å². The molecule has 0 saturated carbocycles. The van der Waals surface area contributed by atoms with Crippen LogP contribution in [0.3, 0.4) is 0 Å². The Morgan fingerprint density at radius 3 is 2.39 bits per heavy atom. The smallest absolute Gasteiger partial charge is 0.245 e. The van der Waals surface area contributed by atoms with Crippen LogP contribution in [0.4, 0.5) is 0 Å². The first-order chi connectivity index (χ1) is 21.2. The Labute approximate surface area is 269 Å². The summed E-state index contributed by atoms with van der Waals surface area (Å²) in [6.45, 7) is 14.8. The number of rotatable bonds is 11. The molecule has 2 fully saturated rings. The molecule has 3 heterocycles. The second kappa shape index (κ2) is 15.2. The summed E-state index contributed by atoms with van der Waals surface area (Å²) in [4.78, 5) is 35.0. The molecule has 0 aliphatic carbocycles. The van der Waals surface area contributed by atoms with Gasteiger partial charge in [-0.1, -0.05) is 61.8 Å². The summed E-state index contributed by atoms with van der Waals surface area (Å²) in [7, 11) is 0. The predicted octanol–water partition coefficient (Wildman–Crippen LogP) is 5.08.